The zero-order valence-electron chi connectivity index (χ0n) is 18.8. The predicted molar refractivity (Wildman–Crippen MR) is 114 cm³/mol. The summed E-state index contributed by atoms with van der Waals surface area (Å²) >= 11 is 0. The number of carbonyl (C=O) groups is 1. The van der Waals surface area contributed by atoms with Gasteiger partial charge in [-0.05, 0) is 43.0 Å². The first kappa shape index (κ1) is 23.0. The van der Waals surface area contributed by atoms with Crippen molar-refractivity contribution in [3.8, 4) is 16.9 Å². The molecule has 0 bridgehead atoms. The molecule has 6 heteroatoms. The molecule has 0 saturated carbocycles. The first-order valence-corrected chi connectivity index (χ1v) is 10.2. The number of hydrogen-bond donors (Lipinski definition) is 1. The molecule has 2 aromatic rings. The number of rotatable bonds is 3. The molecule has 1 fully saturated rings. The van der Waals surface area contributed by atoms with E-state index in [4.69, 9.17) is 4.74 Å². The number of nitrogens with one attached hydrogen (secondary N) is 1. The summed E-state index contributed by atoms with van der Waals surface area (Å²) in [7, 11) is 0. The van der Waals surface area contributed by atoms with Gasteiger partial charge >= 0.3 is 29.6 Å². The van der Waals surface area contributed by atoms with Gasteiger partial charge in [0.1, 0.15) is 11.4 Å². The van der Waals surface area contributed by atoms with E-state index >= 15 is 0 Å². The van der Waals surface area contributed by atoms with Gasteiger partial charge in [-0.1, -0.05) is 45.0 Å². The Morgan fingerprint density at radius 1 is 1.17 bits per heavy atom. The van der Waals surface area contributed by atoms with Crippen LogP contribution in [-0.2, 0) is 4.79 Å². The first-order valence-electron chi connectivity index (χ1n) is 10.2. The SMILES string of the molecule is CC(C)(C)C1Nc2c(cccc2-c2cccc(N3CC(C(=O)[O-])C3)c2)OC1(C)C.[Na+]. The molecule has 4 rings (SSSR count). The Balaban J connectivity index is 0.00000256. The summed E-state index contributed by atoms with van der Waals surface area (Å²) in [5.74, 6) is -0.487. The smallest absolute Gasteiger partial charge is 0.550 e. The van der Waals surface area contributed by atoms with Gasteiger partial charge in [0.05, 0.1) is 11.7 Å². The van der Waals surface area contributed by atoms with E-state index in [9.17, 15) is 9.90 Å². The van der Waals surface area contributed by atoms with E-state index in [0.717, 1.165) is 28.3 Å². The number of nitrogens with zero attached hydrogens (tertiary/aromatic N) is 1. The Morgan fingerprint density at radius 2 is 1.83 bits per heavy atom. The maximum Gasteiger partial charge on any atom is 1.00 e. The number of hydrogen-bond acceptors (Lipinski definition) is 5. The molecule has 1 N–H and O–H groups in total. The molecule has 1 unspecified atom stereocenters. The van der Waals surface area contributed by atoms with E-state index in [1.165, 1.54) is 0 Å². The molecule has 0 aromatic heterocycles. The van der Waals surface area contributed by atoms with Crippen LogP contribution in [0.25, 0.3) is 11.1 Å². The second-order valence-corrected chi connectivity index (χ2v) is 9.80. The van der Waals surface area contributed by atoms with Gasteiger partial charge in [0.15, 0.2) is 0 Å². The second kappa shape index (κ2) is 8.10. The minimum Gasteiger partial charge on any atom is -0.550 e. The average Bonchev–Trinajstić information content (AvgIpc) is 2.57. The zero-order valence-corrected chi connectivity index (χ0v) is 20.8. The van der Waals surface area contributed by atoms with Crippen molar-refractivity contribution in [2.45, 2.75) is 46.3 Å². The molecule has 1 saturated heterocycles. The van der Waals surface area contributed by atoms with Crippen LogP contribution in [0.1, 0.15) is 34.6 Å². The monoisotopic (exact) mass is 416 g/mol. The Morgan fingerprint density at radius 3 is 2.47 bits per heavy atom. The molecule has 2 aromatic carbocycles. The number of benzene rings is 2. The Kier molecular flexibility index (Phi) is 6.21. The normalized spacial score (nSPS) is 20.2. The van der Waals surface area contributed by atoms with Crippen LogP contribution < -0.4 is 49.6 Å². The van der Waals surface area contributed by atoms with E-state index < -0.39 is 5.97 Å². The van der Waals surface area contributed by atoms with Crippen LogP contribution >= 0.6 is 0 Å². The number of anilines is 2. The number of fused-ring (bicyclic) bond motifs is 1. The number of carboxylic acids is 1. The van der Waals surface area contributed by atoms with E-state index in [1.807, 2.05) is 24.3 Å². The van der Waals surface area contributed by atoms with Gasteiger partial charge in [-0.2, -0.15) is 0 Å². The standard InChI is InChI=1S/C24H30N2O3.Na/c1-23(2,3)22-24(4,5)29-19-11-7-10-18(20(19)25-22)15-8-6-9-17(12-15)26-13-16(14-26)21(27)28;/h6-12,16,22,25H,13-14H2,1-5H3,(H,27,28);/q;+1/p-1. The van der Waals surface area contributed by atoms with Gasteiger partial charge in [0.2, 0.25) is 0 Å². The quantitative estimate of drug-likeness (QED) is 0.740. The third-order valence-corrected chi connectivity index (χ3v) is 5.99. The Hall–Kier alpha value is -1.69. The average molecular weight is 416 g/mol. The summed E-state index contributed by atoms with van der Waals surface area (Å²) in [5, 5.41) is 14.8. The number of aliphatic carboxylic acids is 1. The van der Waals surface area contributed by atoms with E-state index in [-0.39, 0.29) is 52.5 Å². The Labute approximate surface area is 201 Å². The first-order chi connectivity index (χ1) is 13.6. The van der Waals surface area contributed by atoms with E-state index in [2.05, 4.69) is 63.0 Å². The molecule has 1 atom stereocenters. The molecule has 2 heterocycles. The minimum atomic E-state index is -0.966. The summed E-state index contributed by atoms with van der Waals surface area (Å²) in [6.45, 7) is 11.9. The molecular weight excluding hydrogens is 387 g/mol. The fourth-order valence-electron chi connectivity index (χ4n) is 4.63. The van der Waals surface area contributed by atoms with Crippen molar-refractivity contribution in [3.05, 3.63) is 42.5 Å². The van der Waals surface area contributed by atoms with E-state index in [1.54, 1.807) is 0 Å². The number of para-hydroxylation sites is 1. The zero-order chi connectivity index (χ0) is 21.0. The Bertz CT molecular complexity index is 946. The summed E-state index contributed by atoms with van der Waals surface area (Å²) < 4.78 is 6.43. The molecule has 2 aliphatic rings. The number of carboxylic acid groups (broad SMARTS) is 1. The van der Waals surface area contributed by atoms with Crippen molar-refractivity contribution >= 4 is 17.3 Å². The largest absolute Gasteiger partial charge is 1.00 e. The molecule has 5 nitrogen and oxygen atoms in total. The van der Waals surface area contributed by atoms with Crippen molar-refractivity contribution in [2.75, 3.05) is 23.3 Å². The van der Waals surface area contributed by atoms with Crippen LogP contribution in [-0.4, -0.2) is 30.7 Å². The molecular formula is C24H29N2NaO3. The molecule has 0 aliphatic carbocycles. The van der Waals surface area contributed by atoms with Gasteiger partial charge in [-0.25, -0.2) is 0 Å². The maximum atomic E-state index is 11.0. The number of ether oxygens (including phenoxy) is 1. The summed E-state index contributed by atoms with van der Waals surface area (Å²) in [6, 6.07) is 14.5. The van der Waals surface area contributed by atoms with Gasteiger partial charge in [0, 0.05) is 36.2 Å². The number of carbonyl (C=O) groups excluding carboxylic acids is 1. The van der Waals surface area contributed by atoms with Crippen molar-refractivity contribution in [2.24, 2.45) is 11.3 Å². The van der Waals surface area contributed by atoms with Gasteiger partial charge < -0.3 is 24.9 Å². The molecule has 154 valence electrons. The predicted octanol–water partition coefficient (Wildman–Crippen LogP) is 0.541. The van der Waals surface area contributed by atoms with Crippen molar-refractivity contribution in [1.82, 2.24) is 0 Å². The summed E-state index contributed by atoms with van der Waals surface area (Å²) in [6.07, 6.45) is 0. The molecule has 0 spiro atoms. The fraction of sp³-hybridized carbons (Fsp3) is 0.458. The third-order valence-electron chi connectivity index (χ3n) is 5.99. The molecule has 2 aliphatic heterocycles. The van der Waals surface area contributed by atoms with Crippen molar-refractivity contribution < 1.29 is 44.2 Å². The van der Waals surface area contributed by atoms with Crippen LogP contribution in [0.5, 0.6) is 5.75 Å². The third kappa shape index (κ3) is 4.20. The van der Waals surface area contributed by atoms with Crippen LogP contribution in [0.2, 0.25) is 0 Å². The van der Waals surface area contributed by atoms with Crippen LogP contribution in [0, 0.1) is 11.3 Å². The summed E-state index contributed by atoms with van der Waals surface area (Å²) in [5.41, 5.74) is 3.91. The van der Waals surface area contributed by atoms with E-state index in [0.29, 0.717) is 13.1 Å². The van der Waals surface area contributed by atoms with Gasteiger partial charge in [-0.15, -0.1) is 0 Å². The van der Waals surface area contributed by atoms with Crippen LogP contribution in [0.4, 0.5) is 11.4 Å². The van der Waals surface area contributed by atoms with Crippen LogP contribution in [0.15, 0.2) is 42.5 Å². The molecule has 30 heavy (non-hydrogen) atoms. The second-order valence-electron chi connectivity index (χ2n) is 9.80. The topological polar surface area (TPSA) is 64.6 Å². The fourth-order valence-corrected chi connectivity index (χ4v) is 4.63. The maximum absolute atomic E-state index is 11.0. The molecule has 0 radical (unpaired) electrons. The van der Waals surface area contributed by atoms with Crippen LogP contribution in [0.3, 0.4) is 0 Å². The van der Waals surface area contributed by atoms with Gasteiger partial charge in [0.25, 0.3) is 0 Å². The van der Waals surface area contributed by atoms with Gasteiger partial charge in [-0.3, -0.25) is 0 Å². The summed E-state index contributed by atoms with van der Waals surface area (Å²) in [4.78, 5) is 13.1. The van der Waals surface area contributed by atoms with Crippen molar-refractivity contribution in [1.29, 1.82) is 0 Å². The molecule has 0 amide bonds. The van der Waals surface area contributed by atoms with Crippen molar-refractivity contribution in [3.63, 3.8) is 0 Å². The minimum absolute atomic E-state index is 0.